The van der Waals surface area contributed by atoms with Gasteiger partial charge in [-0.05, 0) is 37.2 Å². The van der Waals surface area contributed by atoms with Crippen molar-refractivity contribution < 1.29 is 8.42 Å². The van der Waals surface area contributed by atoms with Gasteiger partial charge >= 0.3 is 0 Å². The van der Waals surface area contributed by atoms with Gasteiger partial charge in [-0.1, -0.05) is 11.6 Å². The Morgan fingerprint density at radius 2 is 2.05 bits per heavy atom. The summed E-state index contributed by atoms with van der Waals surface area (Å²) in [7, 11) is -3.51. The minimum absolute atomic E-state index is 0.182. The second-order valence-electron chi connectivity index (χ2n) is 4.28. The highest BCUT2D eigenvalue weighted by atomic mass is 32.2. The topological polar surface area (TPSA) is 82.0 Å². The van der Waals surface area contributed by atoms with Crippen LogP contribution in [0.25, 0.3) is 0 Å². The van der Waals surface area contributed by atoms with Crippen molar-refractivity contribution >= 4 is 10.0 Å². The smallest absolute Gasteiger partial charge is 0.240 e. The van der Waals surface area contributed by atoms with E-state index >= 15 is 0 Å². The molecule has 0 saturated carbocycles. The molecule has 0 unspecified atom stereocenters. The van der Waals surface area contributed by atoms with Crippen molar-refractivity contribution in [3.05, 3.63) is 41.5 Å². The predicted molar refractivity (Wildman–Crippen MR) is 71.9 cm³/mol. The molecular formula is C13H15N3O2S. The summed E-state index contributed by atoms with van der Waals surface area (Å²) in [5.41, 5.74) is 1.54. The maximum atomic E-state index is 12.0. The molecule has 19 heavy (non-hydrogen) atoms. The molecule has 0 bridgehead atoms. The standard InChI is InChI=1S/C13H15N3O2S/c14-9-11-1-3-13(4-2-11)19(17,18)16-10-12-5-7-15-8-6-12/h1-5,15-16H,6-8,10H2. The van der Waals surface area contributed by atoms with Crippen molar-refractivity contribution in [1.82, 2.24) is 10.0 Å². The lowest BCUT2D eigenvalue weighted by molar-refractivity contribution is 0.582. The summed E-state index contributed by atoms with van der Waals surface area (Å²) < 4.78 is 26.7. The Kier molecular flexibility index (Phi) is 4.32. The maximum Gasteiger partial charge on any atom is 0.240 e. The molecule has 1 aliphatic heterocycles. The fourth-order valence-corrected chi connectivity index (χ4v) is 2.85. The predicted octanol–water partition coefficient (Wildman–Crippen LogP) is 0.756. The normalized spacial score (nSPS) is 15.6. The lowest BCUT2D eigenvalue weighted by atomic mass is 10.1. The summed E-state index contributed by atoms with van der Waals surface area (Å²) in [5.74, 6) is 0. The van der Waals surface area contributed by atoms with Crippen molar-refractivity contribution in [2.45, 2.75) is 11.3 Å². The Bertz CT molecular complexity index is 612. The largest absolute Gasteiger partial charge is 0.313 e. The van der Waals surface area contributed by atoms with E-state index in [9.17, 15) is 8.42 Å². The SMILES string of the molecule is N#Cc1ccc(S(=O)(=O)NCC2=CCNCC2)cc1. The Hall–Kier alpha value is -1.68. The van der Waals surface area contributed by atoms with Gasteiger partial charge in [0.05, 0.1) is 16.5 Å². The van der Waals surface area contributed by atoms with Gasteiger partial charge in [-0.3, -0.25) is 0 Å². The molecule has 6 heteroatoms. The second kappa shape index (κ2) is 5.97. The maximum absolute atomic E-state index is 12.0. The van der Waals surface area contributed by atoms with Gasteiger partial charge in [0.1, 0.15) is 0 Å². The molecule has 0 atom stereocenters. The van der Waals surface area contributed by atoms with E-state index < -0.39 is 10.0 Å². The number of nitrogens with one attached hydrogen (secondary N) is 2. The fraction of sp³-hybridized carbons (Fsp3) is 0.308. The van der Waals surface area contributed by atoms with Crippen LogP contribution in [0.15, 0.2) is 40.8 Å². The summed E-state index contributed by atoms with van der Waals surface area (Å²) in [5, 5.41) is 11.8. The van der Waals surface area contributed by atoms with Crippen LogP contribution in [-0.2, 0) is 10.0 Å². The van der Waals surface area contributed by atoms with Gasteiger partial charge in [-0.25, -0.2) is 13.1 Å². The zero-order valence-electron chi connectivity index (χ0n) is 10.4. The first-order valence-electron chi connectivity index (χ1n) is 6.00. The van der Waals surface area contributed by atoms with Crippen LogP contribution in [0.1, 0.15) is 12.0 Å². The third-order valence-electron chi connectivity index (χ3n) is 2.94. The van der Waals surface area contributed by atoms with E-state index in [4.69, 9.17) is 5.26 Å². The molecule has 2 rings (SSSR count). The molecule has 0 saturated heterocycles. The third kappa shape index (κ3) is 3.64. The molecule has 5 nitrogen and oxygen atoms in total. The minimum atomic E-state index is -3.51. The minimum Gasteiger partial charge on any atom is -0.313 e. The zero-order valence-corrected chi connectivity index (χ0v) is 11.2. The van der Waals surface area contributed by atoms with Gasteiger partial charge in [0.15, 0.2) is 0 Å². The summed E-state index contributed by atoms with van der Waals surface area (Å²) in [4.78, 5) is 0.182. The van der Waals surface area contributed by atoms with E-state index in [1.54, 1.807) is 0 Å². The van der Waals surface area contributed by atoms with Crippen molar-refractivity contribution in [3.63, 3.8) is 0 Å². The number of sulfonamides is 1. The monoisotopic (exact) mass is 277 g/mol. The number of rotatable bonds is 4. The first kappa shape index (κ1) is 13.7. The average molecular weight is 277 g/mol. The lowest BCUT2D eigenvalue weighted by Gasteiger charge is -2.14. The molecule has 1 aromatic carbocycles. The van der Waals surface area contributed by atoms with Crippen LogP contribution in [0.3, 0.4) is 0 Å². The molecule has 0 aliphatic carbocycles. The van der Waals surface area contributed by atoms with E-state index in [1.807, 2.05) is 12.1 Å². The van der Waals surface area contributed by atoms with Crippen LogP contribution in [0.4, 0.5) is 0 Å². The van der Waals surface area contributed by atoms with Crippen LogP contribution in [0.2, 0.25) is 0 Å². The van der Waals surface area contributed by atoms with E-state index in [1.165, 1.54) is 24.3 Å². The summed E-state index contributed by atoms with van der Waals surface area (Å²) >= 11 is 0. The summed E-state index contributed by atoms with van der Waals surface area (Å²) in [6, 6.07) is 7.84. The van der Waals surface area contributed by atoms with Crippen molar-refractivity contribution in [2.24, 2.45) is 0 Å². The van der Waals surface area contributed by atoms with Crippen LogP contribution >= 0.6 is 0 Å². The Labute approximate surface area is 113 Å². The highest BCUT2D eigenvalue weighted by Gasteiger charge is 2.14. The van der Waals surface area contributed by atoms with Crippen molar-refractivity contribution in [1.29, 1.82) is 5.26 Å². The highest BCUT2D eigenvalue weighted by Crippen LogP contribution is 2.11. The van der Waals surface area contributed by atoms with Crippen molar-refractivity contribution in [3.8, 4) is 6.07 Å². The lowest BCUT2D eigenvalue weighted by Crippen LogP contribution is -2.29. The van der Waals surface area contributed by atoms with Crippen LogP contribution in [-0.4, -0.2) is 28.1 Å². The van der Waals surface area contributed by atoms with Gasteiger partial charge < -0.3 is 5.32 Å². The summed E-state index contributed by atoms with van der Waals surface area (Å²) in [6.07, 6.45) is 2.86. The van der Waals surface area contributed by atoms with E-state index in [0.717, 1.165) is 25.1 Å². The zero-order chi connectivity index (χ0) is 13.7. The fourth-order valence-electron chi connectivity index (χ4n) is 1.81. The molecule has 100 valence electrons. The van der Waals surface area contributed by atoms with Gasteiger partial charge in [-0.15, -0.1) is 0 Å². The second-order valence-corrected chi connectivity index (χ2v) is 6.04. The van der Waals surface area contributed by atoms with Gasteiger partial charge in [0, 0.05) is 13.1 Å². The Morgan fingerprint density at radius 3 is 2.63 bits per heavy atom. The van der Waals surface area contributed by atoms with E-state index in [2.05, 4.69) is 10.0 Å². The number of hydrogen-bond acceptors (Lipinski definition) is 4. The molecule has 0 aromatic heterocycles. The molecule has 0 spiro atoms. The quantitative estimate of drug-likeness (QED) is 0.796. The van der Waals surface area contributed by atoms with Crippen LogP contribution in [0, 0.1) is 11.3 Å². The van der Waals surface area contributed by atoms with Crippen LogP contribution in [0.5, 0.6) is 0 Å². The number of hydrogen-bond donors (Lipinski definition) is 2. The average Bonchev–Trinajstić information content (AvgIpc) is 2.46. The number of nitriles is 1. The first-order chi connectivity index (χ1) is 9.12. The van der Waals surface area contributed by atoms with E-state index in [-0.39, 0.29) is 4.90 Å². The van der Waals surface area contributed by atoms with E-state index in [0.29, 0.717) is 12.1 Å². The van der Waals surface area contributed by atoms with Gasteiger partial charge in [0.25, 0.3) is 0 Å². The molecule has 0 amide bonds. The highest BCUT2D eigenvalue weighted by molar-refractivity contribution is 7.89. The molecule has 0 radical (unpaired) electrons. The molecule has 0 fully saturated rings. The Morgan fingerprint density at radius 1 is 1.32 bits per heavy atom. The molecule has 1 heterocycles. The van der Waals surface area contributed by atoms with Gasteiger partial charge in [0.2, 0.25) is 10.0 Å². The number of nitrogens with zero attached hydrogens (tertiary/aromatic N) is 1. The number of benzene rings is 1. The summed E-state index contributed by atoms with van der Waals surface area (Å²) in [6.45, 7) is 2.00. The molecular weight excluding hydrogens is 262 g/mol. The first-order valence-corrected chi connectivity index (χ1v) is 7.48. The van der Waals surface area contributed by atoms with Crippen molar-refractivity contribution in [2.75, 3.05) is 19.6 Å². The molecule has 2 N–H and O–H groups in total. The Balaban J connectivity index is 2.05. The van der Waals surface area contributed by atoms with Gasteiger partial charge in [-0.2, -0.15) is 5.26 Å². The molecule has 1 aliphatic rings. The van der Waals surface area contributed by atoms with Crippen LogP contribution < -0.4 is 10.0 Å². The molecule has 1 aromatic rings. The third-order valence-corrected chi connectivity index (χ3v) is 4.36.